The second kappa shape index (κ2) is 10.4. The summed E-state index contributed by atoms with van der Waals surface area (Å²) < 4.78 is 4.99. The fourth-order valence-electron chi connectivity index (χ4n) is 3.17. The lowest BCUT2D eigenvalue weighted by molar-refractivity contribution is -0.138. The molecule has 0 unspecified atom stereocenters. The first kappa shape index (κ1) is 23.4. The highest BCUT2D eigenvalue weighted by molar-refractivity contribution is 7.17. The number of rotatable bonds is 10. The molecule has 0 bridgehead atoms. The predicted molar refractivity (Wildman–Crippen MR) is 120 cm³/mol. The lowest BCUT2D eigenvalue weighted by Crippen LogP contribution is -2.37. The van der Waals surface area contributed by atoms with Gasteiger partial charge >= 0.3 is 5.97 Å². The number of carboxylic acids is 1. The van der Waals surface area contributed by atoms with Gasteiger partial charge in [-0.3, -0.25) is 14.4 Å². The zero-order valence-electron chi connectivity index (χ0n) is 17.6. The first-order chi connectivity index (χ1) is 15.3. The van der Waals surface area contributed by atoms with E-state index in [1.165, 1.54) is 11.3 Å². The van der Waals surface area contributed by atoms with E-state index in [1.54, 1.807) is 25.1 Å². The number of nitrogens with zero attached hydrogens (tertiary/aromatic N) is 2. The lowest BCUT2D eigenvalue weighted by atomic mass is 10.1. The Balaban J connectivity index is 1.67. The molecule has 32 heavy (non-hydrogen) atoms. The van der Waals surface area contributed by atoms with Crippen molar-refractivity contribution in [1.29, 1.82) is 0 Å². The van der Waals surface area contributed by atoms with Crippen molar-refractivity contribution in [2.45, 2.75) is 32.5 Å². The minimum absolute atomic E-state index is 0.0369. The number of nitrogens with one attached hydrogen (secondary N) is 2. The molecule has 170 valence electrons. The lowest BCUT2D eigenvalue weighted by Gasteiger charge is -2.18. The number of aliphatic carboxylic acids is 1. The number of carbonyl (C=O) groups is 2. The van der Waals surface area contributed by atoms with Crippen LogP contribution in [0.25, 0.3) is 10.9 Å². The number of benzene rings is 1. The number of aromatic amines is 1. The molecule has 2 heterocycles. The van der Waals surface area contributed by atoms with Gasteiger partial charge in [0, 0.05) is 26.4 Å². The van der Waals surface area contributed by atoms with Crippen LogP contribution < -0.4 is 15.8 Å². The summed E-state index contributed by atoms with van der Waals surface area (Å²) in [5, 5.41) is 21.7. The van der Waals surface area contributed by atoms with Gasteiger partial charge < -0.3 is 30.2 Å². The van der Waals surface area contributed by atoms with Crippen molar-refractivity contribution < 1.29 is 24.5 Å². The molecule has 10 nitrogen and oxygen atoms in total. The Morgan fingerprint density at radius 3 is 2.81 bits per heavy atom. The van der Waals surface area contributed by atoms with Gasteiger partial charge in [0.05, 0.1) is 20.8 Å². The summed E-state index contributed by atoms with van der Waals surface area (Å²) in [4.78, 5) is 44.8. The average Bonchev–Trinajstić information content (AvgIpc) is 3.23. The monoisotopic (exact) mass is 460 g/mol. The molecule has 11 heteroatoms. The van der Waals surface area contributed by atoms with Crippen molar-refractivity contribution in [3.63, 3.8) is 0 Å². The molecule has 4 N–H and O–H groups in total. The van der Waals surface area contributed by atoms with E-state index >= 15 is 0 Å². The molecule has 1 aromatic carbocycles. The molecule has 0 aliphatic rings. The molecule has 1 atom stereocenters. The minimum Gasteiger partial charge on any atom is -0.481 e. The molecule has 0 radical (unpaired) electrons. The number of fused-ring (bicyclic) bond motifs is 1. The SMILES string of the molecule is Cc1nc2ccc(CN(C)c3ccc(C(=O)N[C@@H](CCC(=O)O)OCO)s3)cc2c(=O)[nH]1. The van der Waals surface area contributed by atoms with Gasteiger partial charge in [0.2, 0.25) is 0 Å². The number of amides is 1. The maximum absolute atomic E-state index is 12.5. The number of H-pyrrole nitrogens is 1. The number of aliphatic hydroxyl groups is 1. The van der Waals surface area contributed by atoms with E-state index in [0.717, 1.165) is 10.6 Å². The number of aromatic nitrogens is 2. The molecule has 0 spiro atoms. The molecule has 1 amide bonds. The first-order valence-electron chi connectivity index (χ1n) is 9.82. The van der Waals surface area contributed by atoms with E-state index in [9.17, 15) is 14.4 Å². The highest BCUT2D eigenvalue weighted by Gasteiger charge is 2.18. The van der Waals surface area contributed by atoms with Crippen LogP contribution in [0.4, 0.5) is 5.00 Å². The Hall–Kier alpha value is -3.28. The fourth-order valence-corrected chi connectivity index (χ4v) is 4.04. The van der Waals surface area contributed by atoms with Gasteiger partial charge in [-0.1, -0.05) is 6.07 Å². The predicted octanol–water partition coefficient (Wildman–Crippen LogP) is 1.82. The Labute approximate surface area is 187 Å². The Morgan fingerprint density at radius 1 is 1.31 bits per heavy atom. The van der Waals surface area contributed by atoms with Gasteiger partial charge in [-0.2, -0.15) is 0 Å². The number of aryl methyl sites for hydroxylation is 1. The molecular formula is C21H24N4O6S. The average molecular weight is 461 g/mol. The second-order valence-corrected chi connectivity index (χ2v) is 8.25. The van der Waals surface area contributed by atoms with Gasteiger partial charge in [-0.15, -0.1) is 11.3 Å². The standard InChI is InChI=1S/C21H24N4O6S/c1-12-22-15-4-3-13(9-14(15)20(29)23-12)10-25(2)18-7-5-16(32-18)21(30)24-17(31-11-26)6-8-19(27)28/h3-5,7,9,17,26H,6,8,10-11H2,1-2H3,(H,24,30)(H,27,28)(H,22,23,29)/t17-/m1/s1. The van der Waals surface area contributed by atoms with Crippen molar-refractivity contribution in [1.82, 2.24) is 15.3 Å². The normalized spacial score (nSPS) is 12.0. The Morgan fingerprint density at radius 2 is 2.09 bits per heavy atom. The van der Waals surface area contributed by atoms with Crippen molar-refractivity contribution in [3.8, 4) is 0 Å². The summed E-state index contributed by atoms with van der Waals surface area (Å²) in [6.07, 6.45) is -1.07. The summed E-state index contributed by atoms with van der Waals surface area (Å²) in [5.41, 5.74) is 1.37. The third kappa shape index (κ3) is 5.90. The van der Waals surface area contributed by atoms with E-state index < -0.39 is 24.9 Å². The molecule has 0 saturated carbocycles. The van der Waals surface area contributed by atoms with Crippen LogP contribution in [0, 0.1) is 6.92 Å². The molecule has 0 aliphatic heterocycles. The maximum atomic E-state index is 12.5. The number of hydrogen-bond donors (Lipinski definition) is 4. The summed E-state index contributed by atoms with van der Waals surface area (Å²) in [7, 11) is 1.87. The molecule has 0 saturated heterocycles. The number of anilines is 1. The Kier molecular flexibility index (Phi) is 7.57. The molecule has 0 aliphatic carbocycles. The smallest absolute Gasteiger partial charge is 0.303 e. The number of carboxylic acid groups (broad SMARTS) is 1. The number of thiophene rings is 1. The van der Waals surface area contributed by atoms with Crippen molar-refractivity contribution >= 4 is 39.1 Å². The van der Waals surface area contributed by atoms with Crippen LogP contribution in [0.5, 0.6) is 0 Å². The van der Waals surface area contributed by atoms with Crippen molar-refractivity contribution in [2.24, 2.45) is 0 Å². The second-order valence-electron chi connectivity index (χ2n) is 7.19. The molecular weight excluding hydrogens is 436 g/mol. The molecule has 3 aromatic rings. The summed E-state index contributed by atoms with van der Waals surface area (Å²) in [6.45, 7) is 1.61. The molecule has 2 aromatic heterocycles. The molecule has 3 rings (SSSR count). The van der Waals surface area contributed by atoms with Crippen LogP contribution in [-0.2, 0) is 16.1 Å². The highest BCUT2D eigenvalue weighted by atomic mass is 32.1. The van der Waals surface area contributed by atoms with Crippen LogP contribution in [0.2, 0.25) is 0 Å². The Bertz CT molecular complexity index is 1170. The molecule has 0 fully saturated rings. The summed E-state index contributed by atoms with van der Waals surface area (Å²) in [6, 6.07) is 8.99. The summed E-state index contributed by atoms with van der Waals surface area (Å²) >= 11 is 1.26. The maximum Gasteiger partial charge on any atom is 0.303 e. The van der Waals surface area contributed by atoms with Crippen LogP contribution in [0.15, 0.2) is 35.1 Å². The van der Waals surface area contributed by atoms with E-state index in [4.69, 9.17) is 14.9 Å². The van der Waals surface area contributed by atoms with Crippen molar-refractivity contribution in [2.75, 3.05) is 18.7 Å². The minimum atomic E-state index is -1.02. The van der Waals surface area contributed by atoms with Crippen LogP contribution in [-0.4, -0.2) is 52.1 Å². The zero-order chi connectivity index (χ0) is 23.3. The highest BCUT2D eigenvalue weighted by Crippen LogP contribution is 2.27. The van der Waals surface area contributed by atoms with Gasteiger partial charge in [0.15, 0.2) is 0 Å². The van der Waals surface area contributed by atoms with Gasteiger partial charge in [0.1, 0.15) is 18.8 Å². The van der Waals surface area contributed by atoms with Crippen molar-refractivity contribution in [3.05, 3.63) is 57.0 Å². The third-order valence-electron chi connectivity index (χ3n) is 4.69. The topological polar surface area (TPSA) is 145 Å². The van der Waals surface area contributed by atoms with Gasteiger partial charge in [0.25, 0.3) is 11.5 Å². The van der Waals surface area contributed by atoms with Crippen LogP contribution in [0.1, 0.15) is 33.9 Å². The van der Waals surface area contributed by atoms with Crippen LogP contribution >= 0.6 is 11.3 Å². The van der Waals surface area contributed by atoms with Gasteiger partial charge in [-0.05, 0) is 36.8 Å². The number of ether oxygens (including phenoxy) is 1. The number of hydrogen-bond acceptors (Lipinski definition) is 8. The third-order valence-corrected chi connectivity index (χ3v) is 5.89. The summed E-state index contributed by atoms with van der Waals surface area (Å²) in [5.74, 6) is -0.879. The number of carbonyl (C=O) groups excluding carboxylic acids is 1. The van der Waals surface area contributed by atoms with Gasteiger partial charge in [-0.25, -0.2) is 4.98 Å². The number of aliphatic hydroxyl groups excluding tert-OH is 1. The fraction of sp³-hybridized carbons (Fsp3) is 0.333. The van der Waals surface area contributed by atoms with E-state index in [2.05, 4.69) is 15.3 Å². The zero-order valence-corrected chi connectivity index (χ0v) is 18.4. The first-order valence-corrected chi connectivity index (χ1v) is 10.6. The van der Waals surface area contributed by atoms with E-state index in [-0.39, 0.29) is 18.4 Å². The largest absolute Gasteiger partial charge is 0.481 e. The van der Waals surface area contributed by atoms with E-state index in [1.807, 2.05) is 24.1 Å². The van der Waals surface area contributed by atoms with E-state index in [0.29, 0.717) is 28.1 Å². The quantitative estimate of drug-likeness (QED) is 0.335. The van der Waals surface area contributed by atoms with Crippen LogP contribution in [0.3, 0.4) is 0 Å².